The molecule has 0 aliphatic carbocycles. The Morgan fingerprint density at radius 3 is 2.51 bits per heavy atom. The number of hydrogen-bond acceptors (Lipinski definition) is 7. The number of benzene rings is 2. The molecule has 2 aromatic rings. The third kappa shape index (κ3) is 7.24. The molecule has 8 nitrogen and oxygen atoms in total. The van der Waals surface area contributed by atoms with Gasteiger partial charge in [0.1, 0.15) is 11.6 Å². The number of fused-ring (bicyclic) bond motifs is 2. The molecule has 3 fully saturated rings. The summed E-state index contributed by atoms with van der Waals surface area (Å²) in [6.45, 7) is 7.00. The molecule has 3 heterocycles. The van der Waals surface area contributed by atoms with E-state index in [-0.39, 0.29) is 47.2 Å². The average molecular weight is 621 g/mol. The molecular weight excluding hydrogens is 574 g/mol. The largest absolute Gasteiger partial charge is 0.376 e. The lowest BCUT2D eigenvalue weighted by molar-refractivity contribution is -0.119. The van der Waals surface area contributed by atoms with Crippen LogP contribution in [0.5, 0.6) is 0 Å². The molecule has 3 aliphatic heterocycles. The van der Waals surface area contributed by atoms with E-state index in [1.54, 1.807) is 24.3 Å². The van der Waals surface area contributed by atoms with Gasteiger partial charge in [0, 0.05) is 42.3 Å². The van der Waals surface area contributed by atoms with Crippen molar-refractivity contribution in [2.24, 2.45) is 11.7 Å². The van der Waals surface area contributed by atoms with Gasteiger partial charge in [-0.1, -0.05) is 18.2 Å². The molecule has 1 amide bonds. The monoisotopic (exact) mass is 620 g/mol. The van der Waals surface area contributed by atoms with Gasteiger partial charge in [-0.2, -0.15) is 0 Å². The van der Waals surface area contributed by atoms with Crippen LogP contribution >= 0.6 is 10.8 Å². The van der Waals surface area contributed by atoms with Gasteiger partial charge in [-0.15, -0.1) is 10.8 Å². The molecule has 43 heavy (non-hydrogen) atoms. The van der Waals surface area contributed by atoms with E-state index in [2.05, 4.69) is 10.6 Å². The molecule has 6 N–H and O–H groups in total. The summed E-state index contributed by atoms with van der Waals surface area (Å²) in [6.07, 6.45) is 3.81. The number of halogens is 2. The molecule has 0 saturated carbocycles. The van der Waals surface area contributed by atoms with Crippen LogP contribution in [0.4, 0.5) is 14.5 Å². The molecular formula is C32H46F2N4O4S. The number of amides is 1. The van der Waals surface area contributed by atoms with Crippen LogP contribution in [0.25, 0.3) is 0 Å². The minimum Gasteiger partial charge on any atom is -0.376 e. The number of ether oxygens (including phenoxy) is 1. The maximum Gasteiger partial charge on any atom is 0.241 e. The zero-order valence-corrected chi connectivity index (χ0v) is 26.0. The van der Waals surface area contributed by atoms with Gasteiger partial charge < -0.3 is 21.1 Å². The van der Waals surface area contributed by atoms with Crippen LogP contribution in [0, 0.1) is 17.6 Å². The van der Waals surface area contributed by atoms with Gasteiger partial charge in [0.05, 0.1) is 23.5 Å². The summed E-state index contributed by atoms with van der Waals surface area (Å²) < 4.78 is 58.9. The lowest BCUT2D eigenvalue weighted by atomic mass is 9.74. The fraction of sp³-hybridized carbons (Fsp3) is 0.594. The van der Waals surface area contributed by atoms with Crippen molar-refractivity contribution in [3.63, 3.8) is 0 Å². The van der Waals surface area contributed by atoms with Crippen LogP contribution in [0.1, 0.15) is 69.9 Å². The number of piperazine rings is 1. The fourth-order valence-corrected chi connectivity index (χ4v) is 9.19. The summed E-state index contributed by atoms with van der Waals surface area (Å²) in [5, 5.41) is 6.19. The predicted octanol–water partition coefficient (Wildman–Crippen LogP) is 5.64. The number of hydrogen-bond donors (Lipinski definition) is 5. The Morgan fingerprint density at radius 2 is 1.81 bits per heavy atom. The molecule has 2 aromatic carbocycles. The Labute approximate surface area is 255 Å². The van der Waals surface area contributed by atoms with Gasteiger partial charge in [-0.3, -0.25) is 13.9 Å². The molecule has 0 radical (unpaired) electrons. The molecule has 5 rings (SSSR count). The normalized spacial score (nSPS) is 32.7. The maximum atomic E-state index is 15.3. The van der Waals surface area contributed by atoms with Crippen molar-refractivity contribution in [2.45, 2.75) is 101 Å². The molecule has 3 unspecified atom stereocenters. The van der Waals surface area contributed by atoms with Crippen molar-refractivity contribution in [1.82, 2.24) is 9.62 Å². The Hall–Kier alpha value is -2.12. The molecule has 9 atom stereocenters. The van der Waals surface area contributed by atoms with Crippen LogP contribution in [0.15, 0.2) is 42.5 Å². The van der Waals surface area contributed by atoms with Crippen molar-refractivity contribution in [3.05, 3.63) is 65.2 Å². The highest BCUT2D eigenvalue weighted by atomic mass is 32.3. The Balaban J connectivity index is 1.34. The zero-order valence-electron chi connectivity index (χ0n) is 25.2. The number of carbonyl (C=O) groups excluding carboxylic acids is 1. The van der Waals surface area contributed by atoms with Crippen molar-refractivity contribution in [2.75, 3.05) is 18.4 Å². The topological polar surface area (TPSA) is 120 Å². The van der Waals surface area contributed by atoms with Crippen LogP contribution < -0.4 is 16.4 Å². The molecule has 3 saturated heterocycles. The highest BCUT2D eigenvalue weighted by Crippen LogP contribution is 2.53. The predicted molar refractivity (Wildman–Crippen MR) is 167 cm³/mol. The first kappa shape index (κ1) is 32.3. The molecule has 238 valence electrons. The first-order valence-corrected chi connectivity index (χ1v) is 17.0. The quantitative estimate of drug-likeness (QED) is 0.259. The third-order valence-corrected chi connectivity index (χ3v) is 12.0. The molecule has 0 spiro atoms. The van der Waals surface area contributed by atoms with E-state index in [1.807, 2.05) is 25.1 Å². The molecule has 0 aromatic heterocycles. The van der Waals surface area contributed by atoms with Gasteiger partial charge in [-0.25, -0.2) is 13.1 Å². The van der Waals surface area contributed by atoms with Crippen LogP contribution in [0.2, 0.25) is 0 Å². The number of rotatable bonds is 8. The summed E-state index contributed by atoms with van der Waals surface area (Å²) in [5.41, 5.74) is 8.18. The van der Waals surface area contributed by atoms with Crippen LogP contribution in [0.3, 0.4) is 0 Å². The third-order valence-electron chi connectivity index (χ3n) is 9.55. The van der Waals surface area contributed by atoms with Gasteiger partial charge >= 0.3 is 0 Å². The summed E-state index contributed by atoms with van der Waals surface area (Å²) >= 11 is 0. The SMILES string of the molecule is CC1CC[C@@H]2CN([C@@H](CCc3c(F)cccc3NC(=O)[C@@H](N)[C@@H](c3ccc(F)cc3)C3C[C@@H](C)O[C@@H](C)C3)CN2)S1(O)O. The lowest BCUT2D eigenvalue weighted by Crippen LogP contribution is -2.56. The Bertz CT molecular complexity index is 1260. The Morgan fingerprint density at radius 1 is 1.12 bits per heavy atom. The van der Waals surface area contributed by atoms with Gasteiger partial charge in [-0.05, 0) is 95.0 Å². The summed E-state index contributed by atoms with van der Waals surface area (Å²) in [7, 11) is -2.95. The number of nitrogens with one attached hydrogen (secondary N) is 2. The van der Waals surface area contributed by atoms with Crippen molar-refractivity contribution in [1.29, 1.82) is 0 Å². The summed E-state index contributed by atoms with van der Waals surface area (Å²) in [4.78, 5) is 13.7. The maximum absolute atomic E-state index is 15.3. The number of carbonyl (C=O) groups is 1. The van der Waals surface area contributed by atoms with Gasteiger partial charge in [0.25, 0.3) is 0 Å². The molecule has 11 heteroatoms. The van der Waals surface area contributed by atoms with Crippen molar-refractivity contribution in [3.8, 4) is 0 Å². The lowest BCUT2D eigenvalue weighted by Gasteiger charge is -2.51. The van der Waals surface area contributed by atoms with E-state index in [1.165, 1.54) is 18.2 Å². The Kier molecular flexibility index (Phi) is 10.1. The smallest absolute Gasteiger partial charge is 0.241 e. The van der Waals surface area contributed by atoms with Crippen LogP contribution in [-0.4, -0.2) is 68.0 Å². The first-order valence-electron chi connectivity index (χ1n) is 15.5. The van der Waals surface area contributed by atoms with E-state index in [4.69, 9.17) is 10.5 Å². The van der Waals surface area contributed by atoms with Gasteiger partial charge in [0.2, 0.25) is 5.91 Å². The highest BCUT2D eigenvalue weighted by molar-refractivity contribution is 8.22. The minimum absolute atomic E-state index is 0.00283. The minimum atomic E-state index is -2.95. The fourth-order valence-electron chi connectivity index (χ4n) is 7.26. The second kappa shape index (κ2) is 13.5. The van der Waals surface area contributed by atoms with E-state index < -0.39 is 28.5 Å². The number of anilines is 1. The van der Waals surface area contributed by atoms with Gasteiger partial charge in [0.15, 0.2) is 0 Å². The molecule has 3 aliphatic rings. The molecule has 2 bridgehead atoms. The first-order chi connectivity index (χ1) is 20.4. The summed E-state index contributed by atoms with van der Waals surface area (Å²) in [6, 6.07) is 9.78. The second-order valence-electron chi connectivity index (χ2n) is 12.7. The number of nitrogens with zero attached hydrogens (tertiary/aromatic N) is 1. The number of nitrogens with two attached hydrogens (primary N) is 1. The van der Waals surface area contributed by atoms with Crippen molar-refractivity contribution < 1.29 is 27.4 Å². The van der Waals surface area contributed by atoms with Crippen LogP contribution in [-0.2, 0) is 16.0 Å². The summed E-state index contributed by atoms with van der Waals surface area (Å²) in [5.74, 6) is -1.59. The average Bonchev–Trinajstić information content (AvgIpc) is 3.04. The van der Waals surface area contributed by atoms with E-state index in [9.17, 15) is 18.3 Å². The zero-order chi connectivity index (χ0) is 30.9. The van der Waals surface area contributed by atoms with E-state index >= 15 is 4.39 Å². The highest BCUT2D eigenvalue weighted by Gasteiger charge is 2.42. The second-order valence-corrected chi connectivity index (χ2v) is 15.1. The standard InChI is InChI=1S/C32H46F2N4O4S/c1-19-15-23(16-20(2)42-19)30(22-8-10-24(33)11-9-22)31(35)32(39)37-29-6-4-5-28(34)27(29)14-13-26-17-36-25-12-7-21(3)43(40,41)38(26)18-25/h4-6,8-11,19-21,23,25-26,30-31,36,40-41H,7,12-18,35H2,1-3H3,(H,37,39)/t19-,20+,21?,23?,25-,26+,30+,31+/m1/s1. The van der Waals surface area contributed by atoms with E-state index in [0.29, 0.717) is 50.0 Å². The van der Waals surface area contributed by atoms with E-state index in [0.717, 1.165) is 18.4 Å². The van der Waals surface area contributed by atoms with Crippen molar-refractivity contribution >= 4 is 22.4 Å².